The van der Waals surface area contributed by atoms with Crippen molar-refractivity contribution in [1.82, 2.24) is 10.0 Å². The molecule has 9 atom stereocenters. The van der Waals surface area contributed by atoms with Gasteiger partial charge in [-0.05, 0) is 67.7 Å². The number of alkyl halides is 2. The molecule has 4 aliphatic carbocycles. The number of thiophene rings is 1. The van der Waals surface area contributed by atoms with Crippen LogP contribution in [0.4, 0.5) is 8.78 Å². The first-order valence-electron chi connectivity index (χ1n) is 14.8. The Morgan fingerprint density at radius 3 is 2.74 bits per heavy atom. The molecular formula is C32H36F2N2O6S. The van der Waals surface area contributed by atoms with Gasteiger partial charge in [0.1, 0.15) is 18.5 Å². The first kappa shape index (κ1) is 29.2. The van der Waals surface area contributed by atoms with Crippen molar-refractivity contribution in [2.75, 3.05) is 13.2 Å². The van der Waals surface area contributed by atoms with Crippen LogP contribution in [0, 0.1) is 35.0 Å². The monoisotopic (exact) mass is 614 g/mol. The molecule has 11 heteroatoms. The van der Waals surface area contributed by atoms with Crippen LogP contribution in [0.1, 0.15) is 51.5 Å². The Labute approximate surface area is 252 Å². The molecule has 0 amide bonds. The highest BCUT2D eigenvalue weighted by atomic mass is 32.1. The average Bonchev–Trinajstić information content (AvgIpc) is 3.73. The molecule has 2 aromatic rings. The molecule has 0 aromatic carbocycles. The van der Waals surface area contributed by atoms with E-state index in [0.29, 0.717) is 30.3 Å². The average molecular weight is 615 g/mol. The Hall–Kier alpha value is -2.57. The Kier molecular flexibility index (Phi) is 6.26. The second kappa shape index (κ2) is 9.23. The van der Waals surface area contributed by atoms with Crippen molar-refractivity contribution < 1.29 is 37.8 Å². The van der Waals surface area contributed by atoms with Gasteiger partial charge in [-0.2, -0.15) is 5.06 Å². The zero-order valence-electron chi connectivity index (χ0n) is 24.6. The van der Waals surface area contributed by atoms with Gasteiger partial charge in [0, 0.05) is 29.2 Å². The summed E-state index contributed by atoms with van der Waals surface area (Å²) >= 11 is 1.51. The van der Waals surface area contributed by atoms with Gasteiger partial charge in [0.2, 0.25) is 5.89 Å². The summed E-state index contributed by atoms with van der Waals surface area (Å²) in [5.74, 6) is -1.27. The summed E-state index contributed by atoms with van der Waals surface area (Å²) in [6.07, 6.45) is 0.616. The molecule has 5 aliphatic rings. The van der Waals surface area contributed by atoms with Gasteiger partial charge in [-0.1, -0.05) is 26.0 Å². The third-order valence-corrected chi connectivity index (χ3v) is 12.8. The van der Waals surface area contributed by atoms with Gasteiger partial charge in [-0.25, -0.2) is 13.8 Å². The Morgan fingerprint density at radius 2 is 2.05 bits per heavy atom. The molecule has 7 rings (SSSR count). The SMILES string of the molecule is Cc1oc(-c2cccs2)nc1CN1C[C@@H]2C[C@@]3(C)[C@@H]4C[C@H](F)C5=CC(=O)C=C[C@]5(C)[C@@]4(F)[C@@H](O)C[C@]3(C)[C@]2(C(=O)CO)O1. The predicted molar refractivity (Wildman–Crippen MR) is 153 cm³/mol. The number of aryl methyl sites for hydroxylation is 1. The highest BCUT2D eigenvalue weighted by Crippen LogP contribution is 2.77. The number of aromatic nitrogens is 1. The van der Waals surface area contributed by atoms with E-state index in [1.165, 1.54) is 29.6 Å². The third kappa shape index (κ3) is 3.46. The number of hydrogen-bond acceptors (Lipinski definition) is 9. The van der Waals surface area contributed by atoms with E-state index in [0.717, 1.165) is 4.88 Å². The van der Waals surface area contributed by atoms with E-state index in [-0.39, 0.29) is 25.0 Å². The lowest BCUT2D eigenvalue weighted by Gasteiger charge is -2.67. The number of fused-ring (bicyclic) bond motifs is 7. The van der Waals surface area contributed by atoms with Crippen LogP contribution >= 0.6 is 11.3 Å². The molecule has 230 valence electrons. The lowest BCUT2D eigenvalue weighted by atomic mass is 9.39. The van der Waals surface area contributed by atoms with Crippen molar-refractivity contribution in [1.29, 1.82) is 0 Å². The van der Waals surface area contributed by atoms with E-state index in [9.17, 15) is 19.8 Å². The molecule has 0 spiro atoms. The number of oxazole rings is 1. The Balaban J connectivity index is 1.27. The van der Waals surface area contributed by atoms with Gasteiger partial charge < -0.3 is 14.6 Å². The van der Waals surface area contributed by atoms with E-state index < -0.39 is 69.8 Å². The summed E-state index contributed by atoms with van der Waals surface area (Å²) in [4.78, 5) is 38.2. The number of aliphatic hydroxyl groups is 2. The molecule has 1 saturated heterocycles. The van der Waals surface area contributed by atoms with Crippen LogP contribution in [-0.4, -0.2) is 68.5 Å². The van der Waals surface area contributed by atoms with Crippen molar-refractivity contribution in [3.63, 3.8) is 0 Å². The van der Waals surface area contributed by atoms with E-state index >= 15 is 8.78 Å². The van der Waals surface area contributed by atoms with E-state index in [4.69, 9.17) is 9.25 Å². The zero-order valence-corrected chi connectivity index (χ0v) is 25.4. The fraction of sp³-hybridized carbons (Fsp3) is 0.594. The number of hydroxylamine groups is 2. The number of nitrogens with zero attached hydrogens (tertiary/aromatic N) is 2. The summed E-state index contributed by atoms with van der Waals surface area (Å²) < 4.78 is 39.6. The van der Waals surface area contributed by atoms with Gasteiger partial charge in [-0.15, -0.1) is 11.3 Å². The lowest BCUT2D eigenvalue weighted by molar-refractivity contribution is -0.289. The van der Waals surface area contributed by atoms with Gasteiger partial charge in [0.05, 0.1) is 23.2 Å². The highest BCUT2D eigenvalue weighted by molar-refractivity contribution is 7.13. The molecule has 43 heavy (non-hydrogen) atoms. The fourth-order valence-corrected chi connectivity index (χ4v) is 10.4. The summed E-state index contributed by atoms with van der Waals surface area (Å²) in [6.45, 7) is 6.82. The van der Waals surface area contributed by atoms with Crippen molar-refractivity contribution in [3.05, 3.63) is 52.8 Å². The van der Waals surface area contributed by atoms with Gasteiger partial charge in [-0.3, -0.25) is 14.4 Å². The quantitative estimate of drug-likeness (QED) is 0.499. The zero-order chi connectivity index (χ0) is 30.7. The molecule has 4 fully saturated rings. The van der Waals surface area contributed by atoms with Crippen molar-refractivity contribution in [2.45, 2.75) is 77.0 Å². The van der Waals surface area contributed by atoms with E-state index in [1.54, 1.807) is 12.0 Å². The maximum atomic E-state index is 17.8. The van der Waals surface area contributed by atoms with Crippen LogP contribution < -0.4 is 0 Å². The molecule has 0 bridgehead atoms. The highest BCUT2D eigenvalue weighted by Gasteiger charge is 2.83. The number of halogens is 2. The van der Waals surface area contributed by atoms with Crippen LogP contribution in [0.25, 0.3) is 10.8 Å². The van der Waals surface area contributed by atoms with Crippen LogP contribution in [0.15, 0.2) is 45.7 Å². The molecule has 2 N–H and O–H groups in total. The molecule has 2 aromatic heterocycles. The number of ketones is 2. The largest absolute Gasteiger partial charge is 0.440 e. The summed E-state index contributed by atoms with van der Waals surface area (Å²) in [6, 6.07) is 3.83. The number of carbonyl (C=O) groups is 2. The normalized spacial score (nSPS) is 43.6. The van der Waals surface area contributed by atoms with Gasteiger partial charge in [0.25, 0.3) is 0 Å². The molecule has 3 saturated carbocycles. The topological polar surface area (TPSA) is 113 Å². The predicted octanol–water partition coefficient (Wildman–Crippen LogP) is 4.69. The second-order valence-corrected chi connectivity index (χ2v) is 14.6. The molecular weight excluding hydrogens is 578 g/mol. The first-order valence-corrected chi connectivity index (χ1v) is 15.7. The minimum absolute atomic E-state index is 0.0525. The van der Waals surface area contributed by atoms with Crippen molar-refractivity contribution in [2.24, 2.45) is 28.1 Å². The number of rotatable bonds is 5. The van der Waals surface area contributed by atoms with Crippen LogP contribution in [0.2, 0.25) is 0 Å². The number of allylic oxidation sites excluding steroid dienone is 4. The second-order valence-electron chi connectivity index (χ2n) is 13.7. The Morgan fingerprint density at radius 1 is 1.28 bits per heavy atom. The summed E-state index contributed by atoms with van der Waals surface area (Å²) in [5.41, 5.74) is -6.81. The minimum atomic E-state index is -2.29. The Bertz CT molecular complexity index is 1570. The summed E-state index contributed by atoms with van der Waals surface area (Å²) in [5, 5.41) is 25.6. The lowest BCUT2D eigenvalue weighted by Crippen LogP contribution is -2.73. The van der Waals surface area contributed by atoms with Crippen LogP contribution in [0.3, 0.4) is 0 Å². The van der Waals surface area contributed by atoms with E-state index in [1.807, 2.05) is 38.3 Å². The number of carbonyl (C=O) groups excluding carboxylic acids is 2. The van der Waals surface area contributed by atoms with Gasteiger partial charge in [0.15, 0.2) is 22.8 Å². The van der Waals surface area contributed by atoms with Gasteiger partial charge >= 0.3 is 0 Å². The maximum Gasteiger partial charge on any atom is 0.236 e. The fourth-order valence-electron chi connectivity index (χ4n) is 9.74. The first-order chi connectivity index (χ1) is 20.2. The third-order valence-electron chi connectivity index (χ3n) is 11.9. The molecule has 1 aliphatic heterocycles. The minimum Gasteiger partial charge on any atom is -0.440 e. The smallest absolute Gasteiger partial charge is 0.236 e. The molecule has 8 nitrogen and oxygen atoms in total. The van der Waals surface area contributed by atoms with Crippen molar-refractivity contribution in [3.8, 4) is 10.8 Å². The summed E-state index contributed by atoms with van der Waals surface area (Å²) in [7, 11) is 0. The number of Topliss-reactive ketones (excluding diaryl/α,β-unsaturated/α-hetero) is 1. The van der Waals surface area contributed by atoms with Crippen LogP contribution in [0.5, 0.6) is 0 Å². The molecule has 0 radical (unpaired) electrons. The van der Waals surface area contributed by atoms with Crippen LogP contribution in [-0.2, 0) is 21.0 Å². The van der Waals surface area contributed by atoms with E-state index in [2.05, 4.69) is 4.98 Å². The molecule has 3 heterocycles. The standard InChI is InChI=1S/C32H36F2N2O6S/c1-17-22(35-27(41-17)23-6-5-9-43-23)15-36-14-18-12-29(3)24-11-21(33)20-10-19(38)7-8-28(20,2)31(24,34)25(39)13-30(29,4)32(18,42-36)26(40)16-37/h5-10,18,21,24-25,37,39H,11-16H2,1-4H3/t18-,21-,24-,25-,28-,29-,30-,31-,32-/m0/s1. The number of hydrogen-bond donors (Lipinski definition) is 2. The van der Waals surface area contributed by atoms with Crippen molar-refractivity contribution >= 4 is 22.9 Å². The molecule has 0 unspecified atom stereocenters. The maximum absolute atomic E-state index is 17.8. The number of aliphatic hydroxyl groups excluding tert-OH is 2.